The highest BCUT2D eigenvalue weighted by molar-refractivity contribution is 9.10. The Labute approximate surface area is 148 Å². The van der Waals surface area contributed by atoms with Crippen LogP contribution in [0.1, 0.15) is 24.5 Å². The molecule has 1 aliphatic heterocycles. The molecule has 2 aromatic carbocycles. The number of hydrazone groups is 1. The number of halogens is 1. The van der Waals surface area contributed by atoms with E-state index in [1.807, 2.05) is 61.5 Å². The van der Waals surface area contributed by atoms with Gasteiger partial charge in [0.05, 0.1) is 6.21 Å². The Kier molecular flexibility index (Phi) is 4.49. The van der Waals surface area contributed by atoms with Gasteiger partial charge < -0.3 is 5.32 Å². The highest BCUT2D eigenvalue weighted by atomic mass is 79.9. The van der Waals surface area contributed by atoms with E-state index in [2.05, 4.69) is 26.3 Å². The van der Waals surface area contributed by atoms with Gasteiger partial charge >= 0.3 is 6.03 Å². The molecule has 3 rings (SSSR count). The third kappa shape index (κ3) is 2.73. The van der Waals surface area contributed by atoms with Crippen molar-refractivity contribution < 1.29 is 9.59 Å². The first kappa shape index (κ1) is 16.4. The summed E-state index contributed by atoms with van der Waals surface area (Å²) in [7, 11) is 0. The third-order valence-corrected chi connectivity index (χ3v) is 4.81. The molecule has 6 heteroatoms. The molecule has 1 saturated heterocycles. The molecule has 5 nitrogen and oxygen atoms in total. The number of amides is 3. The fourth-order valence-electron chi connectivity index (χ4n) is 2.73. The van der Waals surface area contributed by atoms with Crippen LogP contribution in [-0.4, -0.2) is 23.2 Å². The van der Waals surface area contributed by atoms with E-state index in [1.165, 1.54) is 6.21 Å². The lowest BCUT2D eigenvalue weighted by Crippen LogP contribution is -2.43. The topological polar surface area (TPSA) is 61.8 Å². The molecule has 1 aliphatic rings. The molecule has 1 heterocycles. The van der Waals surface area contributed by atoms with Crippen LogP contribution in [0, 0.1) is 0 Å². The van der Waals surface area contributed by atoms with E-state index in [1.54, 1.807) is 0 Å². The van der Waals surface area contributed by atoms with Gasteiger partial charge in [-0.2, -0.15) is 5.10 Å². The number of carbonyl (C=O) groups excluding carboxylic acids is 2. The molecule has 0 saturated carbocycles. The molecule has 1 atom stereocenters. The number of nitrogens with zero attached hydrogens (tertiary/aromatic N) is 2. The standard InChI is InChI=1S/C18H16BrN3O2/c1-2-18(14-9-4-3-5-10-14)16(23)22(17(24)21-18)20-12-13-8-6-7-11-15(13)19/h3-12H,2H2,1H3,(H,21,24)/b20-12-/t18-/m0/s1. The minimum absolute atomic E-state index is 0.371. The second-order valence-corrected chi connectivity index (χ2v) is 6.29. The van der Waals surface area contributed by atoms with Gasteiger partial charge in [-0.3, -0.25) is 4.79 Å². The van der Waals surface area contributed by atoms with Gasteiger partial charge in [-0.25, -0.2) is 4.79 Å². The van der Waals surface area contributed by atoms with Crippen molar-refractivity contribution in [2.75, 3.05) is 0 Å². The zero-order chi connectivity index (χ0) is 17.2. The third-order valence-electron chi connectivity index (χ3n) is 4.08. The first-order valence-corrected chi connectivity index (χ1v) is 8.38. The first-order chi connectivity index (χ1) is 11.6. The highest BCUT2D eigenvalue weighted by Crippen LogP contribution is 2.32. The van der Waals surface area contributed by atoms with Crippen molar-refractivity contribution in [3.8, 4) is 0 Å². The van der Waals surface area contributed by atoms with Crippen molar-refractivity contribution in [1.82, 2.24) is 10.3 Å². The van der Waals surface area contributed by atoms with Crippen molar-refractivity contribution >= 4 is 34.1 Å². The van der Waals surface area contributed by atoms with Crippen LogP contribution < -0.4 is 5.32 Å². The van der Waals surface area contributed by atoms with Crippen LogP contribution in [0.25, 0.3) is 0 Å². The van der Waals surface area contributed by atoms with Gasteiger partial charge in [-0.1, -0.05) is 71.4 Å². The molecule has 0 unspecified atom stereocenters. The van der Waals surface area contributed by atoms with Crippen molar-refractivity contribution in [2.45, 2.75) is 18.9 Å². The number of hydrogen-bond donors (Lipinski definition) is 1. The number of benzene rings is 2. The van der Waals surface area contributed by atoms with Crippen LogP contribution in [0.4, 0.5) is 4.79 Å². The van der Waals surface area contributed by atoms with Crippen LogP contribution in [0.3, 0.4) is 0 Å². The molecule has 1 fully saturated rings. The minimum Gasteiger partial charge on any atom is -0.318 e. The molecule has 2 aromatic rings. The van der Waals surface area contributed by atoms with E-state index < -0.39 is 11.6 Å². The fraction of sp³-hybridized carbons (Fsp3) is 0.167. The second kappa shape index (κ2) is 6.57. The largest absolute Gasteiger partial charge is 0.346 e. The maximum absolute atomic E-state index is 12.9. The highest BCUT2D eigenvalue weighted by Gasteiger charge is 2.51. The molecule has 0 radical (unpaired) electrons. The summed E-state index contributed by atoms with van der Waals surface area (Å²) in [6.45, 7) is 1.87. The Hall–Kier alpha value is -2.47. The zero-order valence-electron chi connectivity index (χ0n) is 13.1. The SMILES string of the molecule is CC[C@@]1(c2ccccc2)NC(=O)N(/N=C\c2ccccc2Br)C1=O. The van der Waals surface area contributed by atoms with Crippen LogP contribution in [-0.2, 0) is 10.3 Å². The normalized spacial score (nSPS) is 20.7. The van der Waals surface area contributed by atoms with Crippen LogP contribution in [0.5, 0.6) is 0 Å². The van der Waals surface area contributed by atoms with Gasteiger partial charge in [-0.05, 0) is 18.1 Å². The molecule has 0 aliphatic carbocycles. The molecule has 122 valence electrons. The Balaban J connectivity index is 1.93. The van der Waals surface area contributed by atoms with Crippen LogP contribution in [0.15, 0.2) is 64.2 Å². The minimum atomic E-state index is -1.07. The van der Waals surface area contributed by atoms with E-state index in [9.17, 15) is 9.59 Å². The van der Waals surface area contributed by atoms with Crippen LogP contribution >= 0.6 is 15.9 Å². The van der Waals surface area contributed by atoms with E-state index in [-0.39, 0.29) is 5.91 Å². The number of nitrogens with one attached hydrogen (secondary N) is 1. The molecule has 0 aromatic heterocycles. The van der Waals surface area contributed by atoms with Gasteiger partial charge in [0.2, 0.25) is 0 Å². The lowest BCUT2D eigenvalue weighted by molar-refractivity contribution is -0.131. The molecule has 0 bridgehead atoms. The van der Waals surface area contributed by atoms with Gasteiger partial charge in [0, 0.05) is 10.0 Å². The summed E-state index contributed by atoms with van der Waals surface area (Å²) in [6.07, 6.45) is 1.95. The predicted octanol–water partition coefficient (Wildman–Crippen LogP) is 3.64. The van der Waals surface area contributed by atoms with E-state index in [0.29, 0.717) is 6.42 Å². The summed E-state index contributed by atoms with van der Waals surface area (Å²) >= 11 is 3.41. The van der Waals surface area contributed by atoms with E-state index >= 15 is 0 Å². The average Bonchev–Trinajstić information content (AvgIpc) is 2.86. The van der Waals surface area contributed by atoms with E-state index in [0.717, 1.165) is 20.6 Å². The predicted molar refractivity (Wildman–Crippen MR) is 95.5 cm³/mol. The summed E-state index contributed by atoms with van der Waals surface area (Å²) in [4.78, 5) is 25.2. The number of hydrogen-bond acceptors (Lipinski definition) is 3. The molecule has 0 spiro atoms. The maximum Gasteiger partial charge on any atom is 0.346 e. The zero-order valence-corrected chi connectivity index (χ0v) is 14.7. The summed E-state index contributed by atoms with van der Waals surface area (Å²) in [5.41, 5.74) is 0.472. The summed E-state index contributed by atoms with van der Waals surface area (Å²) in [6, 6.07) is 16.2. The quantitative estimate of drug-likeness (QED) is 0.644. The number of carbonyl (C=O) groups is 2. The van der Waals surface area contributed by atoms with E-state index in [4.69, 9.17) is 0 Å². The van der Waals surface area contributed by atoms with Crippen LogP contribution in [0.2, 0.25) is 0 Å². The molecular formula is C18H16BrN3O2. The van der Waals surface area contributed by atoms with Gasteiger partial charge in [0.15, 0.2) is 0 Å². The van der Waals surface area contributed by atoms with Gasteiger partial charge in [0.1, 0.15) is 5.54 Å². The number of urea groups is 1. The monoisotopic (exact) mass is 385 g/mol. The van der Waals surface area contributed by atoms with Gasteiger partial charge in [-0.15, -0.1) is 5.01 Å². The summed E-state index contributed by atoms with van der Waals surface area (Å²) < 4.78 is 0.839. The molecule has 24 heavy (non-hydrogen) atoms. The lowest BCUT2D eigenvalue weighted by atomic mass is 9.87. The van der Waals surface area contributed by atoms with Gasteiger partial charge in [0.25, 0.3) is 5.91 Å². The molecule has 1 N–H and O–H groups in total. The average molecular weight is 386 g/mol. The molecular weight excluding hydrogens is 370 g/mol. The number of rotatable bonds is 4. The summed E-state index contributed by atoms with van der Waals surface area (Å²) in [5, 5.41) is 7.80. The maximum atomic E-state index is 12.9. The lowest BCUT2D eigenvalue weighted by Gasteiger charge is -2.24. The Morgan fingerprint density at radius 3 is 2.46 bits per heavy atom. The van der Waals surface area contributed by atoms with Crippen molar-refractivity contribution in [1.29, 1.82) is 0 Å². The smallest absolute Gasteiger partial charge is 0.318 e. The first-order valence-electron chi connectivity index (χ1n) is 7.59. The Bertz CT molecular complexity index is 807. The Morgan fingerprint density at radius 2 is 1.79 bits per heavy atom. The Morgan fingerprint density at radius 1 is 1.12 bits per heavy atom. The van der Waals surface area contributed by atoms with Crippen molar-refractivity contribution in [3.05, 3.63) is 70.2 Å². The fourth-order valence-corrected chi connectivity index (χ4v) is 3.12. The van der Waals surface area contributed by atoms with Crippen molar-refractivity contribution in [2.24, 2.45) is 5.10 Å². The molecule has 3 amide bonds. The second-order valence-electron chi connectivity index (χ2n) is 5.44. The number of imide groups is 1. The summed E-state index contributed by atoms with van der Waals surface area (Å²) in [5.74, 6) is -0.371. The van der Waals surface area contributed by atoms with Crippen molar-refractivity contribution in [3.63, 3.8) is 0 Å².